The van der Waals surface area contributed by atoms with Crippen LogP contribution in [-0.4, -0.2) is 17.7 Å². The summed E-state index contributed by atoms with van der Waals surface area (Å²) in [6.45, 7) is 4.14. The standard InChI is InChI=1S/C32H35NO3.ClH/c1-25(32(34)29-17-19-30(20-18-29)35-23-27-10-4-2-5-11-27)33-21-9-15-26-14-8-16-31(22-26)36-24-28-12-6-3-7-13-28;/h2-8,10-14,16-20,22,25,32-34H,9,15,21,23-24H2,1H3;1H. The molecule has 0 aliphatic heterocycles. The molecule has 4 aromatic carbocycles. The second kappa shape index (κ2) is 15.1. The van der Waals surface area contributed by atoms with Gasteiger partial charge in [0.2, 0.25) is 0 Å². The number of quaternary nitrogens is 1. The Hall–Kier alpha value is -3.31. The van der Waals surface area contributed by atoms with E-state index in [1.807, 2.05) is 78.9 Å². The quantitative estimate of drug-likeness (QED) is 0.268. The average Bonchev–Trinajstić information content (AvgIpc) is 2.94. The summed E-state index contributed by atoms with van der Waals surface area (Å²) in [6.07, 6.45) is 1.49. The summed E-state index contributed by atoms with van der Waals surface area (Å²) in [4.78, 5) is 0. The topological polar surface area (TPSA) is 55.3 Å². The SMILES string of the molecule is CC([NH2+]CCCc1cccc(OCc2ccccc2)c1)C(O)c1ccc(OCc2ccccc2)cc1.[Cl-]. The van der Waals surface area contributed by atoms with Gasteiger partial charge < -0.3 is 32.3 Å². The van der Waals surface area contributed by atoms with Crippen molar-refractivity contribution in [3.8, 4) is 11.5 Å². The molecule has 0 spiro atoms. The minimum atomic E-state index is -0.525. The van der Waals surface area contributed by atoms with Crippen molar-refractivity contribution in [3.63, 3.8) is 0 Å². The molecule has 37 heavy (non-hydrogen) atoms. The molecule has 0 radical (unpaired) electrons. The highest BCUT2D eigenvalue weighted by Crippen LogP contribution is 2.20. The van der Waals surface area contributed by atoms with Crippen LogP contribution in [0.1, 0.15) is 41.7 Å². The van der Waals surface area contributed by atoms with Crippen LogP contribution in [0, 0.1) is 0 Å². The number of halogens is 1. The van der Waals surface area contributed by atoms with Crippen LogP contribution in [0.2, 0.25) is 0 Å². The molecule has 0 saturated heterocycles. The monoisotopic (exact) mass is 517 g/mol. The number of ether oxygens (including phenoxy) is 2. The fourth-order valence-electron chi connectivity index (χ4n) is 4.15. The largest absolute Gasteiger partial charge is 1.00 e. The molecule has 194 valence electrons. The molecule has 0 amide bonds. The van der Waals surface area contributed by atoms with Crippen LogP contribution in [-0.2, 0) is 19.6 Å². The van der Waals surface area contributed by atoms with E-state index in [1.165, 1.54) is 11.1 Å². The zero-order valence-electron chi connectivity index (χ0n) is 21.3. The minimum Gasteiger partial charge on any atom is -1.00 e. The average molecular weight is 518 g/mol. The summed E-state index contributed by atoms with van der Waals surface area (Å²) in [5, 5.41) is 13.0. The summed E-state index contributed by atoms with van der Waals surface area (Å²) < 4.78 is 11.8. The zero-order valence-corrected chi connectivity index (χ0v) is 22.1. The van der Waals surface area contributed by atoms with Gasteiger partial charge in [-0.2, -0.15) is 0 Å². The highest BCUT2D eigenvalue weighted by molar-refractivity contribution is 5.30. The van der Waals surface area contributed by atoms with Crippen LogP contribution >= 0.6 is 0 Å². The van der Waals surface area contributed by atoms with Crippen LogP contribution < -0.4 is 27.2 Å². The van der Waals surface area contributed by atoms with E-state index >= 15 is 0 Å². The van der Waals surface area contributed by atoms with Gasteiger partial charge in [-0.3, -0.25) is 0 Å². The number of hydrogen-bond acceptors (Lipinski definition) is 3. The van der Waals surface area contributed by atoms with Gasteiger partial charge in [0.15, 0.2) is 0 Å². The first-order valence-corrected chi connectivity index (χ1v) is 12.7. The molecule has 0 aromatic heterocycles. The zero-order chi connectivity index (χ0) is 25.0. The molecular formula is C32H36ClNO3. The molecular weight excluding hydrogens is 482 g/mol. The number of benzene rings is 4. The summed E-state index contributed by atoms with van der Waals surface area (Å²) in [5.41, 5.74) is 4.48. The Morgan fingerprint density at radius 1 is 0.676 bits per heavy atom. The maximum Gasteiger partial charge on any atom is 0.130 e. The van der Waals surface area contributed by atoms with Gasteiger partial charge in [-0.15, -0.1) is 0 Å². The van der Waals surface area contributed by atoms with Gasteiger partial charge in [0.1, 0.15) is 36.9 Å². The van der Waals surface area contributed by atoms with E-state index < -0.39 is 6.10 Å². The molecule has 0 aliphatic rings. The van der Waals surface area contributed by atoms with Gasteiger partial charge in [-0.1, -0.05) is 84.9 Å². The molecule has 0 fully saturated rings. The second-order valence-electron chi connectivity index (χ2n) is 9.20. The third-order valence-electron chi connectivity index (χ3n) is 6.32. The van der Waals surface area contributed by atoms with Crippen molar-refractivity contribution in [1.82, 2.24) is 0 Å². The lowest BCUT2D eigenvalue weighted by atomic mass is 10.0. The summed E-state index contributed by atoms with van der Waals surface area (Å²) >= 11 is 0. The molecule has 0 heterocycles. The number of aryl methyl sites for hydroxylation is 1. The van der Waals surface area contributed by atoms with E-state index in [4.69, 9.17) is 9.47 Å². The molecule has 4 nitrogen and oxygen atoms in total. The van der Waals surface area contributed by atoms with Gasteiger partial charge in [0.25, 0.3) is 0 Å². The minimum absolute atomic E-state index is 0. The van der Waals surface area contributed by atoms with Crippen molar-refractivity contribution < 1.29 is 32.3 Å². The Balaban J connectivity index is 0.00000380. The predicted octanol–water partition coefficient (Wildman–Crippen LogP) is 2.47. The summed E-state index contributed by atoms with van der Waals surface area (Å²) in [5.74, 6) is 1.71. The fourth-order valence-corrected chi connectivity index (χ4v) is 4.15. The number of nitrogens with two attached hydrogens (primary N) is 1. The van der Waals surface area contributed by atoms with Crippen molar-refractivity contribution in [2.24, 2.45) is 0 Å². The van der Waals surface area contributed by atoms with E-state index in [2.05, 4.69) is 42.6 Å². The van der Waals surface area contributed by atoms with Crippen LogP contribution in [0.3, 0.4) is 0 Å². The molecule has 5 heteroatoms. The van der Waals surface area contributed by atoms with Crippen molar-refractivity contribution in [2.45, 2.75) is 45.1 Å². The van der Waals surface area contributed by atoms with Crippen molar-refractivity contribution in [2.75, 3.05) is 6.54 Å². The third kappa shape index (κ3) is 9.25. The lowest BCUT2D eigenvalue weighted by Crippen LogP contribution is -3.00. The van der Waals surface area contributed by atoms with Gasteiger partial charge in [0, 0.05) is 6.42 Å². The lowest BCUT2D eigenvalue weighted by molar-refractivity contribution is -0.694. The van der Waals surface area contributed by atoms with Crippen LogP contribution in [0.15, 0.2) is 109 Å². The number of aliphatic hydroxyl groups excluding tert-OH is 1. The number of aliphatic hydroxyl groups is 1. The fraction of sp³-hybridized carbons (Fsp3) is 0.250. The summed E-state index contributed by atoms with van der Waals surface area (Å²) in [6, 6.07) is 36.5. The molecule has 3 N–H and O–H groups in total. The van der Waals surface area contributed by atoms with Crippen molar-refractivity contribution in [1.29, 1.82) is 0 Å². The maximum atomic E-state index is 10.8. The van der Waals surface area contributed by atoms with Crippen LogP contribution in [0.5, 0.6) is 11.5 Å². The Kier molecular flexibility index (Phi) is 11.5. The predicted molar refractivity (Wildman–Crippen MR) is 144 cm³/mol. The van der Waals surface area contributed by atoms with Gasteiger partial charge in [-0.25, -0.2) is 0 Å². The van der Waals surface area contributed by atoms with Crippen molar-refractivity contribution in [3.05, 3.63) is 131 Å². The Morgan fingerprint density at radius 3 is 1.86 bits per heavy atom. The van der Waals surface area contributed by atoms with Crippen LogP contribution in [0.25, 0.3) is 0 Å². The van der Waals surface area contributed by atoms with Gasteiger partial charge in [-0.05, 0) is 59.9 Å². The Labute approximate surface area is 226 Å². The highest BCUT2D eigenvalue weighted by atomic mass is 35.5. The number of hydrogen-bond donors (Lipinski definition) is 2. The Morgan fingerprint density at radius 2 is 1.24 bits per heavy atom. The van der Waals surface area contributed by atoms with Crippen molar-refractivity contribution >= 4 is 0 Å². The van der Waals surface area contributed by atoms with Gasteiger partial charge in [0.05, 0.1) is 6.54 Å². The normalized spacial score (nSPS) is 12.3. The first kappa shape index (κ1) is 28.3. The van der Waals surface area contributed by atoms with Gasteiger partial charge >= 0.3 is 0 Å². The Bertz CT molecular complexity index is 1170. The van der Waals surface area contributed by atoms with E-state index in [1.54, 1.807) is 0 Å². The molecule has 0 aliphatic carbocycles. The molecule has 0 saturated carbocycles. The van der Waals surface area contributed by atoms with E-state index in [0.29, 0.717) is 13.2 Å². The highest BCUT2D eigenvalue weighted by Gasteiger charge is 2.19. The number of rotatable bonds is 13. The van der Waals surface area contributed by atoms with Crippen LogP contribution in [0.4, 0.5) is 0 Å². The van der Waals surface area contributed by atoms with E-state index in [9.17, 15) is 5.11 Å². The first-order chi connectivity index (χ1) is 17.7. The third-order valence-corrected chi connectivity index (χ3v) is 6.32. The molecule has 4 rings (SSSR count). The molecule has 2 unspecified atom stereocenters. The molecule has 4 aromatic rings. The van der Waals surface area contributed by atoms with E-state index in [-0.39, 0.29) is 18.4 Å². The smallest absolute Gasteiger partial charge is 0.130 e. The molecule has 2 atom stereocenters. The lowest BCUT2D eigenvalue weighted by Gasteiger charge is -2.18. The maximum absolute atomic E-state index is 10.8. The first-order valence-electron chi connectivity index (χ1n) is 12.7. The second-order valence-corrected chi connectivity index (χ2v) is 9.20. The van der Waals surface area contributed by atoms with E-state index in [0.717, 1.165) is 42.0 Å². The summed E-state index contributed by atoms with van der Waals surface area (Å²) in [7, 11) is 0. The molecule has 0 bridgehead atoms.